The van der Waals surface area contributed by atoms with Crippen molar-refractivity contribution in [3.05, 3.63) is 0 Å². The van der Waals surface area contributed by atoms with E-state index in [0.717, 1.165) is 0 Å². The van der Waals surface area contributed by atoms with Gasteiger partial charge in [0.25, 0.3) is 0 Å². The van der Waals surface area contributed by atoms with Crippen LogP contribution in [-0.4, -0.2) is 24.4 Å². The van der Waals surface area contributed by atoms with E-state index >= 15 is 0 Å². The minimum atomic E-state index is -2.42. The maximum atomic E-state index is 5.61. The van der Waals surface area contributed by atoms with Gasteiger partial charge in [-0.15, -0.1) is 18.1 Å². The third-order valence-corrected chi connectivity index (χ3v) is 4.87. The molecule has 1 spiro atoms. The quantitative estimate of drug-likeness (QED) is 0.571. The summed E-state index contributed by atoms with van der Waals surface area (Å²) in [7, 11) is -2.42. The van der Waals surface area contributed by atoms with Gasteiger partial charge >= 0.3 is 8.17 Å². The summed E-state index contributed by atoms with van der Waals surface area (Å²) in [4.78, 5) is 0. The molecule has 76 valence electrons. The monoisotopic (exact) mass is 207 g/mol. The van der Waals surface area contributed by atoms with Crippen molar-refractivity contribution in [1.29, 1.82) is 0 Å². The average molecular weight is 207 g/mol. The summed E-state index contributed by atoms with van der Waals surface area (Å²) in [5.41, 5.74) is 0. The fourth-order valence-electron chi connectivity index (χ4n) is 1.31. The molecule has 0 radical (unpaired) electrons. The topological polar surface area (TPSA) is 36.9 Å². The lowest BCUT2D eigenvalue weighted by molar-refractivity contribution is 0.175. The molecule has 4 atom stereocenters. The fourth-order valence-corrected chi connectivity index (χ4v) is 3.92. The Kier molecular flexibility index (Phi) is 2.37. The van der Waals surface area contributed by atoms with Crippen molar-refractivity contribution in [3.8, 4) is 0 Å². The van der Waals surface area contributed by atoms with Crippen LogP contribution in [0.25, 0.3) is 0 Å². The van der Waals surface area contributed by atoms with Crippen LogP contribution in [0, 0.1) is 0 Å². The summed E-state index contributed by atoms with van der Waals surface area (Å²) in [6, 6.07) is 0. The Morgan fingerprint density at radius 3 is 1.08 bits per heavy atom. The van der Waals surface area contributed by atoms with E-state index < -0.39 is 8.17 Å². The van der Waals surface area contributed by atoms with E-state index in [-0.39, 0.29) is 24.4 Å². The molecule has 0 N–H and O–H groups in total. The fraction of sp³-hybridized carbons (Fsp3) is 1.00. The van der Waals surface area contributed by atoms with Crippen LogP contribution in [0.4, 0.5) is 0 Å². The summed E-state index contributed by atoms with van der Waals surface area (Å²) in [6.07, 6.45) is 0.244. The Morgan fingerprint density at radius 1 is 0.615 bits per heavy atom. The van der Waals surface area contributed by atoms with E-state index in [2.05, 4.69) is 0 Å². The van der Waals surface area contributed by atoms with E-state index in [9.17, 15) is 0 Å². The molecule has 5 heteroatoms. The molecule has 0 aromatic carbocycles. The normalized spacial score (nSPS) is 56.3. The standard InChI is InChI=1S/C8H16O4P/c1-5-6(2)10-13(9-5)11-7(3)8(4)12-13/h5-8H,1-4H3/q+1. The lowest BCUT2D eigenvalue weighted by atomic mass is 10.3. The van der Waals surface area contributed by atoms with Crippen LogP contribution < -0.4 is 0 Å². The summed E-state index contributed by atoms with van der Waals surface area (Å²) in [6.45, 7) is 7.89. The minimum Gasteiger partial charge on any atom is -0.147 e. The number of hydrogen-bond donors (Lipinski definition) is 0. The zero-order valence-corrected chi connectivity index (χ0v) is 9.28. The number of rotatable bonds is 0. The summed E-state index contributed by atoms with van der Waals surface area (Å²) in [5.74, 6) is 0. The van der Waals surface area contributed by atoms with Crippen LogP contribution in [0.5, 0.6) is 0 Å². The molecule has 13 heavy (non-hydrogen) atoms. The number of hydrogen-bond acceptors (Lipinski definition) is 4. The highest BCUT2D eigenvalue weighted by Gasteiger charge is 2.66. The molecule has 2 saturated heterocycles. The third-order valence-electron chi connectivity index (χ3n) is 2.50. The first-order valence-electron chi connectivity index (χ1n) is 4.65. The van der Waals surface area contributed by atoms with Crippen LogP contribution in [0.2, 0.25) is 0 Å². The van der Waals surface area contributed by atoms with Crippen molar-refractivity contribution >= 4 is 8.17 Å². The zero-order valence-electron chi connectivity index (χ0n) is 8.39. The highest BCUT2D eigenvalue weighted by Crippen LogP contribution is 2.73. The molecule has 0 aromatic heterocycles. The van der Waals surface area contributed by atoms with Gasteiger partial charge in [0.1, 0.15) is 24.4 Å². The second kappa shape index (κ2) is 3.14. The summed E-state index contributed by atoms with van der Waals surface area (Å²) < 4.78 is 22.4. The van der Waals surface area contributed by atoms with Gasteiger partial charge in [-0.05, 0) is 27.7 Å². The molecule has 0 aliphatic carbocycles. The Labute approximate surface area is 79.2 Å². The highest BCUT2D eigenvalue weighted by atomic mass is 31.2. The first-order chi connectivity index (χ1) is 6.02. The van der Waals surface area contributed by atoms with E-state index in [0.29, 0.717) is 0 Å². The molecule has 0 saturated carbocycles. The first kappa shape index (κ1) is 9.81. The van der Waals surface area contributed by atoms with Crippen molar-refractivity contribution in [2.45, 2.75) is 52.1 Å². The van der Waals surface area contributed by atoms with Gasteiger partial charge in [-0.1, -0.05) is 0 Å². The Bertz CT molecular complexity index is 165. The van der Waals surface area contributed by atoms with Crippen molar-refractivity contribution < 1.29 is 18.1 Å². The maximum absolute atomic E-state index is 5.61. The third kappa shape index (κ3) is 1.62. The molecule has 0 amide bonds. The highest BCUT2D eigenvalue weighted by molar-refractivity contribution is 7.57. The average Bonchev–Trinajstić information content (AvgIpc) is 2.39. The van der Waals surface area contributed by atoms with Crippen LogP contribution in [0.1, 0.15) is 27.7 Å². The molecule has 0 aromatic rings. The lowest BCUT2D eigenvalue weighted by Crippen LogP contribution is -2.13. The predicted molar refractivity (Wildman–Crippen MR) is 49.1 cm³/mol. The van der Waals surface area contributed by atoms with Gasteiger partial charge in [0.2, 0.25) is 0 Å². The van der Waals surface area contributed by atoms with Crippen LogP contribution in [-0.2, 0) is 18.1 Å². The van der Waals surface area contributed by atoms with Crippen molar-refractivity contribution in [3.63, 3.8) is 0 Å². The molecular formula is C8H16O4P+. The molecule has 2 heterocycles. The maximum Gasteiger partial charge on any atom is 0.576 e. The summed E-state index contributed by atoms with van der Waals surface area (Å²) >= 11 is 0. The lowest BCUT2D eigenvalue weighted by Gasteiger charge is -2.04. The van der Waals surface area contributed by atoms with Crippen molar-refractivity contribution in [2.75, 3.05) is 0 Å². The van der Waals surface area contributed by atoms with Gasteiger partial charge in [-0.2, -0.15) is 0 Å². The molecule has 2 aliphatic heterocycles. The van der Waals surface area contributed by atoms with Gasteiger partial charge in [0.15, 0.2) is 0 Å². The molecule has 0 bridgehead atoms. The Morgan fingerprint density at radius 2 is 0.846 bits per heavy atom. The minimum absolute atomic E-state index is 0.0610. The van der Waals surface area contributed by atoms with E-state index in [1.165, 1.54) is 0 Å². The molecule has 4 unspecified atom stereocenters. The van der Waals surface area contributed by atoms with Gasteiger partial charge < -0.3 is 0 Å². The Balaban J connectivity index is 2.08. The van der Waals surface area contributed by atoms with Gasteiger partial charge in [-0.25, -0.2) is 0 Å². The molecule has 2 rings (SSSR count). The SMILES string of the molecule is CC1O[P+]2(OC1C)OC(C)C(C)O2. The van der Waals surface area contributed by atoms with Gasteiger partial charge in [-0.3, -0.25) is 0 Å². The van der Waals surface area contributed by atoms with Crippen LogP contribution in [0.15, 0.2) is 0 Å². The van der Waals surface area contributed by atoms with Crippen LogP contribution >= 0.6 is 8.17 Å². The smallest absolute Gasteiger partial charge is 0.147 e. The summed E-state index contributed by atoms with van der Waals surface area (Å²) in [5, 5.41) is 0. The zero-order chi connectivity index (χ0) is 9.64. The van der Waals surface area contributed by atoms with Crippen molar-refractivity contribution in [1.82, 2.24) is 0 Å². The Hall–Kier alpha value is 0.270. The second-order valence-corrected chi connectivity index (χ2v) is 5.43. The molecule has 2 fully saturated rings. The van der Waals surface area contributed by atoms with Gasteiger partial charge in [0, 0.05) is 0 Å². The first-order valence-corrected chi connectivity index (χ1v) is 6.11. The van der Waals surface area contributed by atoms with Gasteiger partial charge in [0.05, 0.1) is 0 Å². The molecule has 2 aliphatic rings. The van der Waals surface area contributed by atoms with E-state index in [1.54, 1.807) is 0 Å². The molecule has 4 nitrogen and oxygen atoms in total. The second-order valence-electron chi connectivity index (χ2n) is 3.69. The van der Waals surface area contributed by atoms with E-state index in [4.69, 9.17) is 18.1 Å². The van der Waals surface area contributed by atoms with Crippen molar-refractivity contribution in [2.24, 2.45) is 0 Å². The van der Waals surface area contributed by atoms with E-state index in [1.807, 2.05) is 27.7 Å². The predicted octanol–water partition coefficient (Wildman–Crippen LogP) is 2.31. The van der Waals surface area contributed by atoms with Crippen LogP contribution in [0.3, 0.4) is 0 Å². The largest absolute Gasteiger partial charge is 0.576 e. The molecular weight excluding hydrogens is 191 g/mol.